The van der Waals surface area contributed by atoms with Crippen LogP contribution in [0.4, 0.5) is 0 Å². The van der Waals surface area contributed by atoms with Crippen LogP contribution in [0.2, 0.25) is 0 Å². The third-order valence-corrected chi connectivity index (χ3v) is 8.45. The molecule has 0 aliphatic heterocycles. The fourth-order valence-corrected chi connectivity index (χ4v) is 6.13. The molecule has 0 spiro atoms. The maximum Gasteiger partial charge on any atom is 0.338 e. The summed E-state index contributed by atoms with van der Waals surface area (Å²) in [5, 5.41) is 0. The van der Waals surface area contributed by atoms with Crippen molar-refractivity contribution in [1.82, 2.24) is 0 Å². The molecule has 0 N–H and O–H groups in total. The lowest BCUT2D eigenvalue weighted by Gasteiger charge is -2.38. The van der Waals surface area contributed by atoms with Crippen molar-refractivity contribution in [2.45, 2.75) is 141 Å². The summed E-state index contributed by atoms with van der Waals surface area (Å²) in [5.74, 6) is 0.332. The van der Waals surface area contributed by atoms with Crippen LogP contribution in [0.15, 0.2) is 30.3 Å². The minimum absolute atomic E-state index is 0.0738. The zero-order valence-electron chi connectivity index (χ0n) is 24.9. The van der Waals surface area contributed by atoms with Crippen LogP contribution in [-0.4, -0.2) is 43.7 Å². The van der Waals surface area contributed by atoms with Crippen molar-refractivity contribution in [2.75, 3.05) is 27.2 Å². The molecule has 1 aliphatic rings. The van der Waals surface area contributed by atoms with Crippen molar-refractivity contribution in [2.24, 2.45) is 5.92 Å². The van der Waals surface area contributed by atoms with E-state index < -0.39 is 0 Å². The van der Waals surface area contributed by atoms with Gasteiger partial charge in [-0.05, 0) is 44.2 Å². The number of quaternary nitrogens is 1. The smallest absolute Gasteiger partial charge is 0.338 e. The molecule has 1 saturated carbocycles. The second-order valence-electron chi connectivity index (χ2n) is 12.5. The summed E-state index contributed by atoms with van der Waals surface area (Å²) < 4.78 is 7.07. The highest BCUT2D eigenvalue weighted by atomic mass is 16.5. The average Bonchev–Trinajstić information content (AvgIpc) is 2.90. The number of ether oxygens (including phenoxy) is 1. The van der Waals surface area contributed by atoms with Crippen molar-refractivity contribution >= 4 is 5.97 Å². The summed E-state index contributed by atoms with van der Waals surface area (Å²) in [4.78, 5) is 12.6. The van der Waals surface area contributed by atoms with Gasteiger partial charge in [0.2, 0.25) is 0 Å². The van der Waals surface area contributed by atoms with E-state index in [2.05, 4.69) is 21.0 Å². The molecule has 0 heterocycles. The monoisotopic (exact) mass is 514 g/mol. The van der Waals surface area contributed by atoms with Crippen LogP contribution in [0.1, 0.15) is 146 Å². The predicted octanol–water partition coefficient (Wildman–Crippen LogP) is 9.74. The van der Waals surface area contributed by atoms with Gasteiger partial charge in [-0.15, -0.1) is 0 Å². The van der Waals surface area contributed by atoms with Crippen molar-refractivity contribution in [3.05, 3.63) is 35.9 Å². The van der Waals surface area contributed by atoms with Crippen LogP contribution in [0, 0.1) is 5.92 Å². The molecule has 1 aromatic rings. The molecule has 0 aromatic heterocycles. The molecule has 0 amide bonds. The van der Waals surface area contributed by atoms with Crippen molar-refractivity contribution in [3.63, 3.8) is 0 Å². The highest BCUT2D eigenvalue weighted by Gasteiger charge is 2.33. The molecule has 1 aliphatic carbocycles. The molecule has 0 unspecified atom stereocenters. The third-order valence-electron chi connectivity index (χ3n) is 8.45. The first-order valence-electron chi connectivity index (χ1n) is 16.1. The summed E-state index contributed by atoms with van der Waals surface area (Å²) in [7, 11) is 4.74. The lowest BCUT2D eigenvalue weighted by molar-refractivity contribution is -0.894. The van der Waals surface area contributed by atoms with Gasteiger partial charge in [0.25, 0.3) is 0 Å². The topological polar surface area (TPSA) is 26.3 Å². The van der Waals surface area contributed by atoms with Gasteiger partial charge in [-0.3, -0.25) is 0 Å². The first-order valence-corrected chi connectivity index (χ1v) is 16.1. The first-order chi connectivity index (χ1) is 18.0. The lowest BCUT2D eigenvalue weighted by atomic mass is 9.85. The van der Waals surface area contributed by atoms with Gasteiger partial charge in [0, 0.05) is 5.92 Å². The summed E-state index contributed by atoms with van der Waals surface area (Å²) in [5.41, 5.74) is 0.675. The lowest BCUT2D eigenvalue weighted by Crippen LogP contribution is -2.48. The molecule has 212 valence electrons. The quantitative estimate of drug-likeness (QED) is 0.0927. The Hall–Kier alpha value is -1.35. The van der Waals surface area contributed by atoms with E-state index in [1.807, 2.05) is 30.3 Å². The van der Waals surface area contributed by atoms with Crippen molar-refractivity contribution in [1.29, 1.82) is 0 Å². The van der Waals surface area contributed by atoms with Gasteiger partial charge in [0.1, 0.15) is 6.10 Å². The zero-order valence-corrected chi connectivity index (χ0v) is 24.9. The number of esters is 1. The molecule has 0 radical (unpaired) electrons. The SMILES string of the molecule is CCCCCCCCCCCCCCCCCC[N+](C)(C)C[C@@H]1CCCC[C@H]1OC(=O)c1ccccc1. The molecule has 2 rings (SSSR count). The van der Waals surface area contributed by atoms with E-state index in [1.54, 1.807) is 0 Å². The Bertz CT molecular complexity index is 686. The Morgan fingerprint density at radius 3 is 1.76 bits per heavy atom. The van der Waals surface area contributed by atoms with Crippen molar-refractivity contribution in [3.8, 4) is 0 Å². The molecule has 2 atom stereocenters. The molecule has 0 saturated heterocycles. The number of carbonyl (C=O) groups is 1. The van der Waals surface area contributed by atoms with Gasteiger partial charge in [-0.2, -0.15) is 0 Å². The molecular weight excluding hydrogens is 454 g/mol. The predicted molar refractivity (Wildman–Crippen MR) is 159 cm³/mol. The third kappa shape index (κ3) is 15.0. The Morgan fingerprint density at radius 2 is 1.22 bits per heavy atom. The Balaban J connectivity index is 1.49. The molecule has 3 heteroatoms. The Kier molecular flexibility index (Phi) is 16.9. The van der Waals surface area contributed by atoms with E-state index in [0.29, 0.717) is 11.5 Å². The van der Waals surface area contributed by atoms with Crippen LogP contribution < -0.4 is 0 Å². The maximum atomic E-state index is 12.6. The van der Waals surface area contributed by atoms with Crippen LogP contribution in [0.25, 0.3) is 0 Å². The molecule has 3 nitrogen and oxygen atoms in total. The van der Waals surface area contributed by atoms with Gasteiger partial charge in [0.05, 0.1) is 32.7 Å². The zero-order chi connectivity index (χ0) is 26.6. The van der Waals surface area contributed by atoms with Crippen molar-refractivity contribution < 1.29 is 14.0 Å². The van der Waals surface area contributed by atoms with E-state index in [9.17, 15) is 4.79 Å². The fraction of sp³-hybridized carbons (Fsp3) is 0.794. The number of nitrogens with zero attached hydrogens (tertiary/aromatic N) is 1. The van der Waals surface area contributed by atoms with Gasteiger partial charge in [0.15, 0.2) is 0 Å². The van der Waals surface area contributed by atoms with Crippen LogP contribution in [-0.2, 0) is 4.74 Å². The Labute approximate surface area is 230 Å². The van der Waals surface area contributed by atoms with Crippen LogP contribution in [0.3, 0.4) is 0 Å². The Morgan fingerprint density at radius 1 is 0.730 bits per heavy atom. The van der Waals surface area contributed by atoms with E-state index in [0.717, 1.165) is 17.4 Å². The van der Waals surface area contributed by atoms with E-state index in [1.165, 1.54) is 129 Å². The van der Waals surface area contributed by atoms with E-state index in [-0.39, 0.29) is 12.1 Å². The van der Waals surface area contributed by atoms with Gasteiger partial charge < -0.3 is 9.22 Å². The first kappa shape index (κ1) is 31.9. The number of carbonyl (C=O) groups excluding carboxylic acids is 1. The fourth-order valence-electron chi connectivity index (χ4n) is 6.13. The summed E-state index contributed by atoms with van der Waals surface area (Å²) in [6.45, 7) is 4.64. The molecule has 1 fully saturated rings. The number of hydrogen-bond donors (Lipinski definition) is 0. The summed E-state index contributed by atoms with van der Waals surface area (Å²) in [6.07, 6.45) is 27.4. The van der Waals surface area contributed by atoms with Gasteiger partial charge in [-0.25, -0.2) is 4.79 Å². The van der Waals surface area contributed by atoms with Crippen LogP contribution in [0.5, 0.6) is 0 Å². The standard InChI is InChI=1S/C34H60NO2/c1-4-5-6-7-8-9-10-11-12-13-14-15-16-17-18-24-29-35(2,3)30-32-27-22-23-28-33(32)37-34(36)31-25-20-19-21-26-31/h19-21,25-26,32-33H,4-18,22-24,27-30H2,1-3H3/q+1/t32-,33+/m0/s1. The molecule has 37 heavy (non-hydrogen) atoms. The maximum absolute atomic E-state index is 12.6. The second kappa shape index (κ2) is 19.7. The number of rotatable bonds is 21. The van der Waals surface area contributed by atoms with Gasteiger partial charge in [-0.1, -0.05) is 121 Å². The van der Waals surface area contributed by atoms with Gasteiger partial charge >= 0.3 is 5.97 Å². The molecular formula is C34H60NO2+. The minimum Gasteiger partial charge on any atom is -0.458 e. The second-order valence-corrected chi connectivity index (χ2v) is 12.5. The highest BCUT2D eigenvalue weighted by Crippen LogP contribution is 2.30. The summed E-state index contributed by atoms with van der Waals surface area (Å²) >= 11 is 0. The number of hydrogen-bond acceptors (Lipinski definition) is 2. The minimum atomic E-state index is -0.152. The molecule has 1 aromatic carbocycles. The van der Waals surface area contributed by atoms with E-state index >= 15 is 0 Å². The summed E-state index contributed by atoms with van der Waals surface area (Å²) in [6, 6.07) is 9.48. The normalized spacial score (nSPS) is 18.1. The number of benzene rings is 1. The molecule has 0 bridgehead atoms. The highest BCUT2D eigenvalue weighted by molar-refractivity contribution is 5.89. The van der Waals surface area contributed by atoms with E-state index in [4.69, 9.17) is 4.74 Å². The average molecular weight is 515 g/mol. The number of unbranched alkanes of at least 4 members (excludes halogenated alkanes) is 15. The van der Waals surface area contributed by atoms with Crippen LogP contribution >= 0.6 is 0 Å². The largest absolute Gasteiger partial charge is 0.458 e.